The predicted octanol–water partition coefficient (Wildman–Crippen LogP) is 3.04. The molecule has 0 amide bonds. The summed E-state index contributed by atoms with van der Waals surface area (Å²) < 4.78 is 1.09. The number of nitrogens with one attached hydrogen (secondary N) is 1. The summed E-state index contributed by atoms with van der Waals surface area (Å²) in [6, 6.07) is 6.13. The van der Waals surface area contributed by atoms with Crippen LogP contribution in [0, 0.1) is 17.8 Å². The van der Waals surface area contributed by atoms with Crippen molar-refractivity contribution in [3.8, 4) is 11.8 Å². The van der Waals surface area contributed by atoms with E-state index in [1.807, 2.05) is 12.1 Å². The van der Waals surface area contributed by atoms with Crippen molar-refractivity contribution in [2.75, 3.05) is 11.1 Å². The van der Waals surface area contributed by atoms with Gasteiger partial charge in [-0.25, -0.2) is 9.97 Å². The average Bonchev–Trinajstić information content (AvgIpc) is 3.31. The Bertz CT molecular complexity index is 917. The van der Waals surface area contributed by atoms with Crippen LogP contribution in [0.1, 0.15) is 24.1 Å². The number of hydrogen-bond donors (Lipinski definition) is 2. The number of thiazole rings is 1. The molecule has 6 heteroatoms. The van der Waals surface area contributed by atoms with Crippen LogP contribution in [0.4, 0.5) is 10.9 Å². The van der Waals surface area contributed by atoms with E-state index in [9.17, 15) is 0 Å². The molecule has 0 saturated heterocycles. The summed E-state index contributed by atoms with van der Waals surface area (Å²) in [5.74, 6) is 7.58. The van der Waals surface area contributed by atoms with E-state index in [1.165, 1.54) is 24.2 Å². The molecule has 1 aliphatic carbocycles. The quantitative estimate of drug-likeness (QED) is 0.725. The van der Waals surface area contributed by atoms with Crippen LogP contribution in [0.5, 0.6) is 0 Å². The molecule has 1 aliphatic rings. The van der Waals surface area contributed by atoms with Gasteiger partial charge in [0.1, 0.15) is 11.5 Å². The maximum atomic E-state index is 5.74. The lowest BCUT2D eigenvalue weighted by molar-refractivity contribution is 1.08. The van der Waals surface area contributed by atoms with Gasteiger partial charge in [0, 0.05) is 12.5 Å². The molecule has 2 aromatic heterocycles. The van der Waals surface area contributed by atoms with Crippen molar-refractivity contribution in [1.29, 1.82) is 0 Å². The Balaban J connectivity index is 1.47. The minimum absolute atomic E-state index is 0.562. The lowest BCUT2D eigenvalue weighted by atomic mass is 10.2. The van der Waals surface area contributed by atoms with Crippen molar-refractivity contribution in [3.05, 3.63) is 41.9 Å². The van der Waals surface area contributed by atoms with E-state index in [-0.39, 0.29) is 0 Å². The van der Waals surface area contributed by atoms with Crippen molar-refractivity contribution in [1.82, 2.24) is 15.0 Å². The Morgan fingerprint density at radius 3 is 3.04 bits per heavy atom. The van der Waals surface area contributed by atoms with Gasteiger partial charge in [-0.1, -0.05) is 23.3 Å². The Morgan fingerprint density at radius 1 is 1.26 bits per heavy atom. The zero-order chi connectivity index (χ0) is 15.6. The number of aromatic nitrogens is 3. The van der Waals surface area contributed by atoms with Gasteiger partial charge in [-0.05, 0) is 36.5 Å². The Hall–Kier alpha value is -2.65. The second kappa shape index (κ2) is 5.86. The number of hydrogen-bond acceptors (Lipinski definition) is 6. The fourth-order valence-corrected chi connectivity index (χ4v) is 3.00. The lowest BCUT2D eigenvalue weighted by Crippen LogP contribution is -2.02. The molecule has 0 atom stereocenters. The van der Waals surface area contributed by atoms with Gasteiger partial charge in [0.25, 0.3) is 0 Å². The fraction of sp³-hybridized carbons (Fsp3) is 0.235. The standard InChI is InChI=1S/C17H15N5S/c18-17-22-14-6-4-12(7-15(14)23-17)8-20-16-10-19-9-13(21-16)5-3-11-1-2-11/h4,6-7,9-11H,1-2,8H2,(H2,18,22)(H,20,21). The second-order valence-electron chi connectivity index (χ2n) is 5.54. The first kappa shape index (κ1) is 14.0. The van der Waals surface area contributed by atoms with Crippen molar-refractivity contribution in [2.45, 2.75) is 19.4 Å². The molecule has 2 heterocycles. The van der Waals surface area contributed by atoms with E-state index in [4.69, 9.17) is 5.73 Å². The Labute approximate surface area is 138 Å². The van der Waals surface area contributed by atoms with Gasteiger partial charge in [0.05, 0.1) is 22.6 Å². The maximum Gasteiger partial charge on any atom is 0.181 e. The monoisotopic (exact) mass is 321 g/mol. The van der Waals surface area contributed by atoms with E-state index in [2.05, 4.69) is 38.2 Å². The minimum Gasteiger partial charge on any atom is -0.375 e. The summed E-state index contributed by atoms with van der Waals surface area (Å²) in [4.78, 5) is 12.9. The molecule has 0 spiro atoms. The van der Waals surface area contributed by atoms with Crippen LogP contribution in [-0.4, -0.2) is 15.0 Å². The molecule has 0 radical (unpaired) electrons. The van der Waals surface area contributed by atoms with E-state index >= 15 is 0 Å². The van der Waals surface area contributed by atoms with Gasteiger partial charge in [-0.15, -0.1) is 0 Å². The SMILES string of the molecule is Nc1nc2ccc(CNc3cncc(C#CC4CC4)n3)cc2s1. The molecule has 3 N–H and O–H groups in total. The summed E-state index contributed by atoms with van der Waals surface area (Å²) in [5, 5.41) is 3.88. The van der Waals surface area contributed by atoms with Crippen molar-refractivity contribution < 1.29 is 0 Å². The maximum absolute atomic E-state index is 5.74. The normalized spacial score (nSPS) is 13.6. The molecule has 0 unspecified atom stereocenters. The van der Waals surface area contributed by atoms with Gasteiger partial charge in [-0.3, -0.25) is 4.98 Å². The van der Waals surface area contributed by atoms with Crippen molar-refractivity contribution >= 4 is 32.5 Å². The van der Waals surface area contributed by atoms with E-state index in [0.29, 0.717) is 23.3 Å². The highest BCUT2D eigenvalue weighted by Crippen LogP contribution is 2.27. The molecular formula is C17H15N5S. The van der Waals surface area contributed by atoms with Crippen LogP contribution in [0.25, 0.3) is 10.2 Å². The third kappa shape index (κ3) is 3.41. The summed E-state index contributed by atoms with van der Waals surface area (Å²) in [6.45, 7) is 0.669. The number of anilines is 2. The molecule has 3 aromatic rings. The third-order valence-electron chi connectivity index (χ3n) is 3.56. The fourth-order valence-electron chi connectivity index (χ4n) is 2.20. The molecule has 114 valence electrons. The number of nitrogens with two attached hydrogens (primary N) is 1. The number of nitrogens with zero attached hydrogens (tertiary/aromatic N) is 3. The first-order valence-corrected chi connectivity index (χ1v) is 8.30. The molecule has 23 heavy (non-hydrogen) atoms. The molecule has 1 aromatic carbocycles. The first-order valence-electron chi connectivity index (χ1n) is 7.49. The van der Waals surface area contributed by atoms with Gasteiger partial charge in [0.15, 0.2) is 5.13 Å². The zero-order valence-corrected chi connectivity index (χ0v) is 13.2. The smallest absolute Gasteiger partial charge is 0.181 e. The van der Waals surface area contributed by atoms with E-state index in [0.717, 1.165) is 21.6 Å². The van der Waals surface area contributed by atoms with Crippen LogP contribution < -0.4 is 11.1 Å². The summed E-state index contributed by atoms with van der Waals surface area (Å²) in [6.07, 6.45) is 5.84. The van der Waals surface area contributed by atoms with Gasteiger partial charge < -0.3 is 11.1 Å². The van der Waals surface area contributed by atoms with Crippen LogP contribution >= 0.6 is 11.3 Å². The minimum atomic E-state index is 0.562. The summed E-state index contributed by atoms with van der Waals surface area (Å²) >= 11 is 1.50. The highest BCUT2D eigenvalue weighted by molar-refractivity contribution is 7.22. The zero-order valence-electron chi connectivity index (χ0n) is 12.4. The average molecular weight is 321 g/mol. The van der Waals surface area contributed by atoms with Crippen LogP contribution in [-0.2, 0) is 6.54 Å². The molecule has 0 aliphatic heterocycles. The number of fused-ring (bicyclic) bond motifs is 1. The van der Waals surface area contributed by atoms with Crippen molar-refractivity contribution in [3.63, 3.8) is 0 Å². The third-order valence-corrected chi connectivity index (χ3v) is 4.41. The highest BCUT2D eigenvalue weighted by atomic mass is 32.1. The predicted molar refractivity (Wildman–Crippen MR) is 93.0 cm³/mol. The van der Waals surface area contributed by atoms with Crippen LogP contribution in [0.15, 0.2) is 30.6 Å². The lowest BCUT2D eigenvalue weighted by Gasteiger charge is -2.05. The largest absolute Gasteiger partial charge is 0.375 e. The molecular weight excluding hydrogens is 306 g/mol. The summed E-state index contributed by atoms with van der Waals surface area (Å²) in [5.41, 5.74) is 8.54. The van der Waals surface area contributed by atoms with E-state index < -0.39 is 0 Å². The summed E-state index contributed by atoms with van der Waals surface area (Å²) in [7, 11) is 0. The molecule has 5 nitrogen and oxygen atoms in total. The topological polar surface area (TPSA) is 76.7 Å². The number of nitrogen functional groups attached to an aromatic ring is 1. The first-order chi connectivity index (χ1) is 11.3. The molecule has 0 bridgehead atoms. The second-order valence-corrected chi connectivity index (χ2v) is 6.60. The van der Waals surface area contributed by atoms with E-state index in [1.54, 1.807) is 12.4 Å². The van der Waals surface area contributed by atoms with Gasteiger partial charge in [0.2, 0.25) is 0 Å². The molecule has 1 fully saturated rings. The molecule has 4 rings (SSSR count). The van der Waals surface area contributed by atoms with Gasteiger partial charge in [-0.2, -0.15) is 0 Å². The molecule has 1 saturated carbocycles. The Morgan fingerprint density at radius 2 is 2.17 bits per heavy atom. The number of rotatable bonds is 3. The van der Waals surface area contributed by atoms with Gasteiger partial charge >= 0.3 is 0 Å². The van der Waals surface area contributed by atoms with Crippen LogP contribution in [0.3, 0.4) is 0 Å². The number of benzene rings is 1. The Kier molecular flexibility index (Phi) is 3.56. The van der Waals surface area contributed by atoms with Crippen LogP contribution in [0.2, 0.25) is 0 Å². The highest BCUT2D eigenvalue weighted by Gasteiger charge is 2.17. The van der Waals surface area contributed by atoms with Crippen molar-refractivity contribution in [2.24, 2.45) is 5.92 Å².